The molecule has 190 valence electrons. The van der Waals surface area contributed by atoms with E-state index in [2.05, 4.69) is 21.7 Å². The van der Waals surface area contributed by atoms with E-state index in [1.165, 1.54) is 0 Å². The molecule has 0 saturated heterocycles. The first-order valence-electron chi connectivity index (χ1n) is 11.0. The summed E-state index contributed by atoms with van der Waals surface area (Å²) >= 11 is 0. The molecule has 4 N–H and O–H groups in total. The molecule has 0 fully saturated rings. The van der Waals surface area contributed by atoms with Gasteiger partial charge in [0.25, 0.3) is 0 Å². The van der Waals surface area contributed by atoms with Crippen molar-refractivity contribution in [3.8, 4) is 11.5 Å². The Kier molecular flexibility index (Phi) is 9.80. The summed E-state index contributed by atoms with van der Waals surface area (Å²) in [5, 5.41) is 0. The zero-order valence-electron chi connectivity index (χ0n) is 19.7. The molecule has 4 aromatic carbocycles. The van der Waals surface area contributed by atoms with Gasteiger partial charge in [-0.3, -0.25) is 10.9 Å². The summed E-state index contributed by atoms with van der Waals surface area (Å²) in [6, 6.07) is 27.8. The van der Waals surface area contributed by atoms with Crippen molar-refractivity contribution in [3.05, 3.63) is 120 Å². The van der Waals surface area contributed by atoms with E-state index in [1.807, 2.05) is 43.3 Å². The van der Waals surface area contributed by atoms with Crippen LogP contribution in [0.5, 0.6) is 11.5 Å². The van der Waals surface area contributed by atoms with Crippen LogP contribution in [0.2, 0.25) is 0 Å². The molecule has 4 aromatic rings. The molecule has 0 aromatic heterocycles. The van der Waals surface area contributed by atoms with Gasteiger partial charge in [-0.25, -0.2) is 29.2 Å². The number of carbonyl (C=O) groups is 2. The van der Waals surface area contributed by atoms with E-state index in [-0.39, 0.29) is 5.69 Å². The minimum atomic E-state index is -0.836. The molecule has 0 spiro atoms. The third kappa shape index (κ3) is 9.57. The van der Waals surface area contributed by atoms with Crippen LogP contribution >= 0.6 is 0 Å². The number of hydrogen-bond acceptors (Lipinski definition) is 6. The lowest BCUT2D eigenvalue weighted by atomic mass is 10.2. The maximum absolute atomic E-state index is 13.3. The summed E-state index contributed by atoms with van der Waals surface area (Å²) in [5.41, 5.74) is 11.2. The van der Waals surface area contributed by atoms with Gasteiger partial charge < -0.3 is 9.47 Å². The Balaban J connectivity index is 0.000000208. The van der Waals surface area contributed by atoms with Crippen LogP contribution in [0.4, 0.5) is 29.7 Å². The predicted molar refractivity (Wildman–Crippen MR) is 136 cm³/mol. The lowest BCUT2D eigenvalue weighted by Gasteiger charge is -2.10. The summed E-state index contributed by atoms with van der Waals surface area (Å²) in [4.78, 5) is 22.8. The molecule has 0 radical (unpaired) electrons. The minimum Gasteiger partial charge on any atom is -0.409 e. The molecule has 0 heterocycles. The summed E-state index contributed by atoms with van der Waals surface area (Å²) < 4.78 is 36.1. The number of nitrogens with one attached hydrogen (secondary N) is 4. The summed E-state index contributed by atoms with van der Waals surface area (Å²) in [5.74, 6) is -0.473. The number of benzene rings is 4. The van der Waals surface area contributed by atoms with Crippen LogP contribution in [-0.2, 0) is 0 Å². The number of aryl methyl sites for hydroxylation is 1. The number of anilines is 2. The summed E-state index contributed by atoms with van der Waals surface area (Å²) in [7, 11) is 0. The standard InChI is InChI=1S/C14H12F2N2O2.C13H12N2O2/c1-9-2-5-11(6-3-9)20-14(19)18-17-13-8-10(15)4-7-12(13)16;16-13(17-12-9-5-2-6-10-12)15-14-11-7-3-1-4-8-11/h2-8,17H,1H3,(H,18,19);1-10,14H,(H,15,16). The zero-order valence-corrected chi connectivity index (χ0v) is 19.7. The van der Waals surface area contributed by atoms with E-state index in [4.69, 9.17) is 9.47 Å². The quantitative estimate of drug-likeness (QED) is 0.233. The van der Waals surface area contributed by atoms with Gasteiger partial charge in [0.1, 0.15) is 23.1 Å². The van der Waals surface area contributed by atoms with Crippen LogP contribution in [0.15, 0.2) is 103 Å². The maximum Gasteiger partial charge on any atom is 0.431 e. The highest BCUT2D eigenvalue weighted by atomic mass is 19.1. The van der Waals surface area contributed by atoms with Crippen molar-refractivity contribution in [2.75, 3.05) is 10.9 Å². The van der Waals surface area contributed by atoms with E-state index >= 15 is 0 Å². The average molecular weight is 507 g/mol. The number of carbonyl (C=O) groups excluding carboxylic acids is 2. The molecular weight excluding hydrogens is 482 g/mol. The number of ether oxygens (including phenoxy) is 2. The van der Waals surface area contributed by atoms with Crippen molar-refractivity contribution in [1.29, 1.82) is 0 Å². The first-order valence-corrected chi connectivity index (χ1v) is 11.0. The largest absolute Gasteiger partial charge is 0.431 e. The molecule has 8 nitrogen and oxygen atoms in total. The van der Waals surface area contributed by atoms with Gasteiger partial charge in [-0.2, -0.15) is 0 Å². The monoisotopic (exact) mass is 506 g/mol. The van der Waals surface area contributed by atoms with Gasteiger partial charge in [-0.15, -0.1) is 0 Å². The topological polar surface area (TPSA) is 101 Å². The van der Waals surface area contributed by atoms with Crippen molar-refractivity contribution in [3.63, 3.8) is 0 Å². The van der Waals surface area contributed by atoms with E-state index in [0.717, 1.165) is 29.4 Å². The fraction of sp³-hybridized carbons (Fsp3) is 0.0370. The number of hydrazine groups is 2. The summed E-state index contributed by atoms with van der Waals surface area (Å²) in [6.45, 7) is 1.90. The second-order valence-electron chi connectivity index (χ2n) is 7.40. The minimum absolute atomic E-state index is 0.189. The van der Waals surface area contributed by atoms with Crippen LogP contribution in [-0.4, -0.2) is 12.2 Å². The molecule has 0 saturated carbocycles. The number of halogens is 2. The van der Waals surface area contributed by atoms with Crippen LogP contribution in [0.25, 0.3) is 0 Å². The highest BCUT2D eigenvalue weighted by Gasteiger charge is 2.07. The molecule has 10 heteroatoms. The van der Waals surface area contributed by atoms with E-state index in [1.54, 1.807) is 48.5 Å². The molecule has 0 aliphatic carbocycles. The molecule has 0 aliphatic rings. The van der Waals surface area contributed by atoms with Gasteiger partial charge in [-0.05, 0) is 55.5 Å². The lowest BCUT2D eigenvalue weighted by Crippen LogP contribution is -2.32. The molecule has 0 bridgehead atoms. The number of hydrogen-bond donors (Lipinski definition) is 4. The third-order valence-electron chi connectivity index (χ3n) is 4.50. The Labute approximate surface area is 212 Å². The van der Waals surface area contributed by atoms with Crippen molar-refractivity contribution >= 4 is 23.6 Å². The Bertz CT molecular complexity index is 1290. The number of para-hydroxylation sites is 2. The Morgan fingerprint density at radius 1 is 0.649 bits per heavy atom. The Morgan fingerprint density at radius 2 is 1.19 bits per heavy atom. The van der Waals surface area contributed by atoms with Gasteiger partial charge >= 0.3 is 12.2 Å². The van der Waals surface area contributed by atoms with Crippen LogP contribution < -0.4 is 31.2 Å². The van der Waals surface area contributed by atoms with Gasteiger partial charge in [0.15, 0.2) is 0 Å². The van der Waals surface area contributed by atoms with Gasteiger partial charge in [0, 0.05) is 6.07 Å². The molecular formula is C27H24F2N4O4. The molecule has 0 atom stereocenters. The first kappa shape index (κ1) is 26.5. The fourth-order valence-corrected chi connectivity index (χ4v) is 2.72. The molecule has 0 aliphatic heterocycles. The zero-order chi connectivity index (χ0) is 26.5. The second kappa shape index (κ2) is 13.7. The average Bonchev–Trinajstić information content (AvgIpc) is 2.91. The molecule has 2 amide bonds. The molecule has 37 heavy (non-hydrogen) atoms. The van der Waals surface area contributed by atoms with Crippen LogP contribution in [0.3, 0.4) is 0 Å². The number of amides is 2. The highest BCUT2D eigenvalue weighted by Crippen LogP contribution is 2.15. The highest BCUT2D eigenvalue weighted by molar-refractivity contribution is 5.72. The maximum atomic E-state index is 13.3. The Morgan fingerprint density at radius 3 is 1.81 bits per heavy atom. The van der Waals surface area contributed by atoms with Gasteiger partial charge in [-0.1, -0.05) is 54.1 Å². The van der Waals surface area contributed by atoms with Crippen LogP contribution in [0, 0.1) is 18.6 Å². The third-order valence-corrected chi connectivity index (χ3v) is 4.50. The smallest absolute Gasteiger partial charge is 0.409 e. The van der Waals surface area contributed by atoms with E-state index < -0.39 is 23.8 Å². The van der Waals surface area contributed by atoms with Crippen LogP contribution in [0.1, 0.15) is 5.56 Å². The van der Waals surface area contributed by atoms with Gasteiger partial charge in [0.05, 0.1) is 11.4 Å². The summed E-state index contributed by atoms with van der Waals surface area (Å²) in [6.07, 6.45) is -1.39. The van der Waals surface area contributed by atoms with Crippen molar-refractivity contribution in [2.24, 2.45) is 0 Å². The molecule has 0 unspecified atom stereocenters. The van der Waals surface area contributed by atoms with E-state index in [9.17, 15) is 18.4 Å². The van der Waals surface area contributed by atoms with Crippen molar-refractivity contribution < 1.29 is 27.8 Å². The SMILES string of the molecule is Cc1ccc(OC(=O)NNc2cc(F)ccc2F)cc1.O=C(NNc1ccccc1)Oc1ccccc1. The Hall–Kier alpha value is -5.12. The van der Waals surface area contributed by atoms with Crippen molar-refractivity contribution in [1.82, 2.24) is 10.9 Å². The first-order chi connectivity index (χ1) is 17.9. The van der Waals surface area contributed by atoms with Gasteiger partial charge in [0.2, 0.25) is 0 Å². The predicted octanol–water partition coefficient (Wildman–Crippen LogP) is 6.19. The van der Waals surface area contributed by atoms with E-state index in [0.29, 0.717) is 11.5 Å². The second-order valence-corrected chi connectivity index (χ2v) is 7.40. The fourth-order valence-electron chi connectivity index (χ4n) is 2.72. The molecule has 4 rings (SSSR count). The number of rotatable bonds is 6. The van der Waals surface area contributed by atoms with Crippen molar-refractivity contribution in [2.45, 2.75) is 6.92 Å². The lowest BCUT2D eigenvalue weighted by molar-refractivity contribution is 0.201. The normalized spacial score (nSPS) is 9.70.